The SMILES string of the molecule is C=C1CCC2(C(=O)O)CCC3(C)C(=CCC4C5(C)CCC(OC6OCC(O)C(O)C6OC6OC(C)C(O)C(O)C6O)C(C)(C)C5CCC43C)C2C1. The van der Waals surface area contributed by atoms with Crippen LogP contribution in [0.3, 0.4) is 0 Å². The zero-order valence-electron chi connectivity index (χ0n) is 31.3. The van der Waals surface area contributed by atoms with Crippen molar-refractivity contribution in [2.45, 2.75) is 167 Å². The van der Waals surface area contributed by atoms with Crippen LogP contribution in [0.5, 0.6) is 0 Å². The summed E-state index contributed by atoms with van der Waals surface area (Å²) in [4.78, 5) is 12.9. The Kier molecular flexibility index (Phi) is 9.54. The van der Waals surface area contributed by atoms with Crippen LogP contribution >= 0.6 is 0 Å². The molecule has 7 rings (SSSR count). The van der Waals surface area contributed by atoms with E-state index in [9.17, 15) is 35.4 Å². The second-order valence-corrected chi connectivity index (χ2v) is 18.8. The minimum atomic E-state index is -1.58. The third kappa shape index (κ3) is 5.49. The Hall–Kier alpha value is -1.41. The molecule has 4 saturated carbocycles. The van der Waals surface area contributed by atoms with Gasteiger partial charge in [0.25, 0.3) is 0 Å². The van der Waals surface area contributed by atoms with Crippen molar-refractivity contribution in [2.24, 2.45) is 44.8 Å². The smallest absolute Gasteiger partial charge is 0.310 e. The summed E-state index contributed by atoms with van der Waals surface area (Å²) in [6.07, 6.45) is -0.847. The highest BCUT2D eigenvalue weighted by Crippen LogP contribution is 2.75. The van der Waals surface area contributed by atoms with Gasteiger partial charge in [0.15, 0.2) is 12.6 Å². The summed E-state index contributed by atoms with van der Waals surface area (Å²) in [5.74, 6) is 0.0940. The Morgan fingerprint density at radius 1 is 0.863 bits per heavy atom. The van der Waals surface area contributed by atoms with Crippen LogP contribution in [0.25, 0.3) is 0 Å². The van der Waals surface area contributed by atoms with Gasteiger partial charge in [-0.25, -0.2) is 0 Å². The standard InChI is InChI=1S/C40H62O11/c1-20-10-15-40(35(46)47)17-16-38(6)22(23(40)18-20)8-9-26-37(5)13-12-27(36(3,4)25(37)11-14-39(26,38)7)50-34-32(29(43)24(41)19-48-34)51-33-31(45)30(44)28(42)21(2)49-33/h8,21,23-34,41-45H,1,9-19H2,2-7H3,(H,46,47). The number of hydrogen-bond donors (Lipinski definition) is 6. The Bertz CT molecular complexity index is 1410. The van der Waals surface area contributed by atoms with Gasteiger partial charge in [-0.2, -0.15) is 0 Å². The van der Waals surface area contributed by atoms with E-state index in [0.29, 0.717) is 24.7 Å². The molecule has 11 nitrogen and oxygen atoms in total. The summed E-state index contributed by atoms with van der Waals surface area (Å²) < 4.78 is 24.4. The molecule has 0 aromatic rings. The third-order valence-corrected chi connectivity index (χ3v) is 16.2. The quantitative estimate of drug-likeness (QED) is 0.179. The maximum atomic E-state index is 12.9. The molecule has 11 heteroatoms. The number of carboxylic acid groups (broad SMARTS) is 1. The van der Waals surface area contributed by atoms with E-state index < -0.39 is 66.7 Å². The molecule has 2 saturated heterocycles. The molecular weight excluding hydrogens is 656 g/mol. The van der Waals surface area contributed by atoms with E-state index >= 15 is 0 Å². The number of allylic oxidation sites excluding steroid dienone is 3. The van der Waals surface area contributed by atoms with Gasteiger partial charge in [-0.15, -0.1) is 0 Å². The Morgan fingerprint density at radius 2 is 1.59 bits per heavy atom. The van der Waals surface area contributed by atoms with Crippen LogP contribution in [-0.2, 0) is 23.7 Å². The minimum Gasteiger partial charge on any atom is -0.481 e. The molecule has 2 heterocycles. The zero-order chi connectivity index (χ0) is 37.1. The van der Waals surface area contributed by atoms with Crippen LogP contribution in [0.2, 0.25) is 0 Å². The van der Waals surface area contributed by atoms with Gasteiger partial charge in [0, 0.05) is 5.92 Å². The molecule has 6 N–H and O–H groups in total. The molecule has 2 aliphatic heterocycles. The molecular formula is C40H62O11. The number of carboxylic acids is 1. The van der Waals surface area contributed by atoms with E-state index in [4.69, 9.17) is 18.9 Å². The molecule has 0 aromatic carbocycles. The first-order chi connectivity index (χ1) is 23.8. The first-order valence-corrected chi connectivity index (χ1v) is 19.4. The van der Waals surface area contributed by atoms with E-state index in [1.807, 2.05) is 0 Å². The van der Waals surface area contributed by atoms with E-state index in [2.05, 4.69) is 47.3 Å². The van der Waals surface area contributed by atoms with Crippen molar-refractivity contribution >= 4 is 5.97 Å². The average molecular weight is 719 g/mol. The largest absolute Gasteiger partial charge is 0.481 e. The number of aliphatic hydroxyl groups is 5. The van der Waals surface area contributed by atoms with Gasteiger partial charge in [-0.1, -0.05) is 58.4 Å². The maximum absolute atomic E-state index is 12.9. The highest BCUT2D eigenvalue weighted by molar-refractivity contribution is 5.77. The van der Waals surface area contributed by atoms with Crippen molar-refractivity contribution in [3.05, 3.63) is 23.8 Å². The fraction of sp³-hybridized carbons (Fsp3) is 0.875. The third-order valence-electron chi connectivity index (χ3n) is 16.2. The van der Waals surface area contributed by atoms with Gasteiger partial charge < -0.3 is 49.6 Å². The van der Waals surface area contributed by atoms with Gasteiger partial charge in [-0.3, -0.25) is 4.79 Å². The highest BCUT2D eigenvalue weighted by Gasteiger charge is 2.69. The van der Waals surface area contributed by atoms with Crippen LogP contribution in [0, 0.1) is 44.8 Å². The van der Waals surface area contributed by atoms with Crippen molar-refractivity contribution in [3.8, 4) is 0 Å². The molecule has 6 fully saturated rings. The van der Waals surface area contributed by atoms with Gasteiger partial charge in [0.1, 0.15) is 36.6 Å². The molecule has 17 unspecified atom stereocenters. The molecule has 17 atom stereocenters. The Labute approximate surface area is 302 Å². The fourth-order valence-electron chi connectivity index (χ4n) is 12.9. The lowest BCUT2D eigenvalue weighted by molar-refractivity contribution is -0.364. The first kappa shape index (κ1) is 37.9. The molecule has 0 bridgehead atoms. The Balaban J connectivity index is 1.13. The van der Waals surface area contributed by atoms with E-state index in [1.165, 1.54) is 11.1 Å². The average Bonchev–Trinajstić information content (AvgIpc) is 3.07. The lowest BCUT2D eigenvalue weighted by atomic mass is 9.34. The van der Waals surface area contributed by atoms with Crippen LogP contribution in [0.1, 0.15) is 106 Å². The normalized spacial score (nSPS) is 53.9. The Morgan fingerprint density at radius 3 is 2.29 bits per heavy atom. The van der Waals surface area contributed by atoms with Crippen molar-refractivity contribution in [1.82, 2.24) is 0 Å². The zero-order valence-corrected chi connectivity index (χ0v) is 31.3. The van der Waals surface area contributed by atoms with Crippen LogP contribution in [-0.4, -0.2) is 105 Å². The summed E-state index contributed by atoms with van der Waals surface area (Å²) in [7, 11) is 0. The number of ether oxygens (including phenoxy) is 4. The van der Waals surface area contributed by atoms with Gasteiger partial charge in [0.05, 0.1) is 24.2 Å². The molecule has 7 aliphatic rings. The first-order valence-electron chi connectivity index (χ1n) is 19.4. The molecule has 51 heavy (non-hydrogen) atoms. The fourth-order valence-corrected chi connectivity index (χ4v) is 12.9. The molecule has 0 amide bonds. The number of carbonyl (C=O) groups is 1. The van der Waals surface area contributed by atoms with E-state index in [1.54, 1.807) is 6.92 Å². The molecule has 0 spiro atoms. The predicted molar refractivity (Wildman–Crippen MR) is 186 cm³/mol. The maximum Gasteiger partial charge on any atom is 0.310 e. The van der Waals surface area contributed by atoms with E-state index in [0.717, 1.165) is 51.4 Å². The minimum absolute atomic E-state index is 0.00505. The van der Waals surface area contributed by atoms with Gasteiger partial charge >= 0.3 is 5.97 Å². The lowest BCUT2D eigenvalue weighted by Gasteiger charge is -2.71. The summed E-state index contributed by atoms with van der Waals surface area (Å²) in [6.45, 7) is 17.7. The van der Waals surface area contributed by atoms with E-state index in [-0.39, 0.29) is 40.3 Å². The number of fused-ring (bicyclic) bond motifs is 7. The molecule has 288 valence electrons. The molecule has 0 radical (unpaired) electrons. The predicted octanol–water partition coefficient (Wildman–Crippen LogP) is 4.08. The monoisotopic (exact) mass is 718 g/mol. The van der Waals surface area contributed by atoms with Crippen molar-refractivity contribution in [2.75, 3.05) is 6.61 Å². The van der Waals surface area contributed by atoms with Gasteiger partial charge in [0.2, 0.25) is 0 Å². The van der Waals surface area contributed by atoms with Crippen molar-refractivity contribution in [3.63, 3.8) is 0 Å². The van der Waals surface area contributed by atoms with Crippen LogP contribution in [0.4, 0.5) is 0 Å². The second kappa shape index (κ2) is 12.8. The molecule has 5 aliphatic carbocycles. The number of rotatable bonds is 5. The lowest BCUT2D eigenvalue weighted by Crippen LogP contribution is -2.66. The summed E-state index contributed by atoms with van der Waals surface area (Å²) in [5.41, 5.74) is 1.49. The van der Waals surface area contributed by atoms with Crippen molar-refractivity contribution < 1.29 is 54.4 Å². The number of aliphatic hydroxyl groups excluding tert-OH is 5. The molecule has 0 aromatic heterocycles. The second-order valence-electron chi connectivity index (χ2n) is 18.8. The topological polar surface area (TPSA) is 175 Å². The van der Waals surface area contributed by atoms with Gasteiger partial charge in [-0.05, 0) is 105 Å². The van der Waals surface area contributed by atoms with Crippen molar-refractivity contribution in [1.29, 1.82) is 0 Å². The number of aliphatic carboxylic acids is 1. The van der Waals surface area contributed by atoms with Crippen LogP contribution < -0.4 is 0 Å². The van der Waals surface area contributed by atoms with Crippen LogP contribution in [0.15, 0.2) is 23.8 Å². The highest BCUT2D eigenvalue weighted by atomic mass is 16.8. The summed E-state index contributed by atoms with van der Waals surface area (Å²) in [5, 5.41) is 63.4. The number of hydrogen-bond acceptors (Lipinski definition) is 10. The summed E-state index contributed by atoms with van der Waals surface area (Å²) in [6, 6.07) is 0. The summed E-state index contributed by atoms with van der Waals surface area (Å²) >= 11 is 0.